The number of nitrogens with zero attached hydrogens (tertiary/aromatic N) is 4. The number of aryl methyl sites for hydroxylation is 1. The van der Waals surface area contributed by atoms with Gasteiger partial charge in [-0.1, -0.05) is 34.8 Å². The van der Waals surface area contributed by atoms with Gasteiger partial charge in [-0.25, -0.2) is 4.98 Å². The lowest BCUT2D eigenvalue weighted by molar-refractivity contribution is 0.122. The Kier molecular flexibility index (Phi) is 3.92. The average Bonchev–Trinajstić information content (AvgIpc) is 2.28. The summed E-state index contributed by atoms with van der Waals surface area (Å²) < 4.78 is 3.63. The fraction of sp³-hybridized carbons (Fsp3) is 0.667. The molecule has 1 aliphatic rings. The number of halogens is 3. The van der Waals surface area contributed by atoms with E-state index in [1.54, 1.807) is 6.92 Å². The highest BCUT2D eigenvalue weighted by Crippen LogP contribution is 2.36. The van der Waals surface area contributed by atoms with E-state index in [4.69, 9.17) is 39.5 Å². The van der Waals surface area contributed by atoms with E-state index in [0.29, 0.717) is 25.0 Å². The summed E-state index contributed by atoms with van der Waals surface area (Å²) >= 11 is 17.3. The van der Waals surface area contributed by atoms with Gasteiger partial charge in [0.15, 0.2) is 5.82 Å². The van der Waals surface area contributed by atoms with Gasteiger partial charge in [0.1, 0.15) is 5.82 Å². The molecule has 1 saturated heterocycles. The van der Waals surface area contributed by atoms with Gasteiger partial charge in [-0.05, 0) is 6.92 Å². The molecule has 0 saturated carbocycles. The number of hydrogen-bond acceptors (Lipinski definition) is 5. The largest absolute Gasteiger partial charge is 0.378 e. The molecule has 0 amide bonds. The first-order chi connectivity index (χ1) is 7.97. The van der Waals surface area contributed by atoms with E-state index in [0.717, 1.165) is 13.1 Å². The lowest BCUT2D eigenvalue weighted by Crippen LogP contribution is -2.38. The molecule has 0 radical (unpaired) electrons. The third kappa shape index (κ3) is 3.31. The Labute approximate surface area is 114 Å². The zero-order chi connectivity index (χ0) is 12.5. The second-order valence-electron chi connectivity index (χ2n) is 3.60. The molecule has 5 nitrogen and oxygen atoms in total. The van der Waals surface area contributed by atoms with E-state index in [-0.39, 0.29) is 5.82 Å². The number of ether oxygens (including phenoxy) is 1. The minimum Gasteiger partial charge on any atom is -0.378 e. The van der Waals surface area contributed by atoms with E-state index in [2.05, 4.69) is 15.0 Å². The molecule has 2 heterocycles. The van der Waals surface area contributed by atoms with Gasteiger partial charge in [-0.3, -0.25) is 0 Å². The average molecular weight is 298 g/mol. The Bertz CT molecular complexity index is 404. The zero-order valence-corrected chi connectivity index (χ0v) is 11.4. The van der Waals surface area contributed by atoms with Crippen molar-refractivity contribution in [2.45, 2.75) is 10.7 Å². The third-order valence-electron chi connectivity index (χ3n) is 2.28. The van der Waals surface area contributed by atoms with Crippen LogP contribution in [0.3, 0.4) is 0 Å². The second kappa shape index (κ2) is 5.10. The van der Waals surface area contributed by atoms with Gasteiger partial charge < -0.3 is 9.64 Å². The van der Waals surface area contributed by atoms with Crippen LogP contribution in [0, 0.1) is 6.92 Å². The van der Waals surface area contributed by atoms with Crippen LogP contribution in [0.25, 0.3) is 0 Å². The van der Waals surface area contributed by atoms with Crippen molar-refractivity contribution in [1.29, 1.82) is 0 Å². The lowest BCUT2D eigenvalue weighted by atomic mass is 10.4. The number of aromatic nitrogens is 3. The molecule has 0 aliphatic carbocycles. The molecule has 0 unspecified atom stereocenters. The molecule has 0 atom stereocenters. The fourth-order valence-electron chi connectivity index (χ4n) is 1.50. The highest BCUT2D eigenvalue weighted by molar-refractivity contribution is 6.66. The van der Waals surface area contributed by atoms with Crippen molar-refractivity contribution in [3.8, 4) is 0 Å². The first-order valence-corrected chi connectivity index (χ1v) is 6.23. The molecule has 1 fully saturated rings. The van der Waals surface area contributed by atoms with Crippen molar-refractivity contribution in [3.05, 3.63) is 11.6 Å². The topological polar surface area (TPSA) is 51.1 Å². The summed E-state index contributed by atoms with van der Waals surface area (Å²) in [5.74, 6) is 1.21. The maximum atomic E-state index is 5.78. The van der Waals surface area contributed by atoms with Gasteiger partial charge in [-0.2, -0.15) is 9.97 Å². The summed E-state index contributed by atoms with van der Waals surface area (Å²) in [6, 6.07) is 0. The third-order valence-corrected chi connectivity index (χ3v) is 2.79. The highest BCUT2D eigenvalue weighted by Gasteiger charge is 2.28. The van der Waals surface area contributed by atoms with Crippen LogP contribution in [-0.2, 0) is 8.53 Å². The molecule has 1 aromatic heterocycles. The van der Waals surface area contributed by atoms with Gasteiger partial charge in [0.2, 0.25) is 9.74 Å². The van der Waals surface area contributed by atoms with Crippen LogP contribution < -0.4 is 4.90 Å². The van der Waals surface area contributed by atoms with Crippen molar-refractivity contribution in [3.63, 3.8) is 0 Å². The maximum absolute atomic E-state index is 5.78. The van der Waals surface area contributed by atoms with Crippen LogP contribution in [0.1, 0.15) is 11.6 Å². The Hall–Kier alpha value is -0.360. The Morgan fingerprint density at radius 3 is 2.35 bits per heavy atom. The monoisotopic (exact) mass is 296 g/mol. The predicted molar refractivity (Wildman–Crippen MR) is 66.8 cm³/mol. The quantitative estimate of drug-likeness (QED) is 0.740. The van der Waals surface area contributed by atoms with Crippen molar-refractivity contribution in [2.24, 2.45) is 0 Å². The van der Waals surface area contributed by atoms with Gasteiger partial charge in [0.25, 0.3) is 0 Å². The van der Waals surface area contributed by atoms with Crippen molar-refractivity contribution in [1.82, 2.24) is 15.0 Å². The minimum absolute atomic E-state index is 0.150. The van der Waals surface area contributed by atoms with Crippen LogP contribution in [0.15, 0.2) is 0 Å². The van der Waals surface area contributed by atoms with Crippen LogP contribution >= 0.6 is 34.8 Å². The van der Waals surface area contributed by atoms with E-state index in [9.17, 15) is 0 Å². The zero-order valence-electron chi connectivity index (χ0n) is 9.16. The number of anilines is 1. The Morgan fingerprint density at radius 2 is 1.76 bits per heavy atom. The summed E-state index contributed by atoms with van der Waals surface area (Å²) in [4.78, 5) is 14.4. The number of alkyl halides is 3. The Morgan fingerprint density at radius 1 is 1.12 bits per heavy atom. The van der Waals surface area contributed by atoms with Crippen LogP contribution in [0.5, 0.6) is 0 Å². The molecular weight excluding hydrogens is 286 g/mol. The van der Waals surface area contributed by atoms with E-state index in [1.807, 2.05) is 4.90 Å². The highest BCUT2D eigenvalue weighted by atomic mass is 35.6. The minimum atomic E-state index is -1.63. The summed E-state index contributed by atoms with van der Waals surface area (Å²) in [5.41, 5.74) is 0. The standard InChI is InChI=1S/C9H11Cl3N4O/c1-6-13-7(9(10,11)12)15-8(14-6)16-2-4-17-5-3-16/h2-5H2,1H3. The first kappa shape index (κ1) is 13.1. The predicted octanol–water partition coefficient (Wildman–Crippen LogP) is 1.84. The first-order valence-electron chi connectivity index (χ1n) is 5.09. The number of rotatable bonds is 1. The lowest BCUT2D eigenvalue weighted by Gasteiger charge is -2.27. The van der Waals surface area contributed by atoms with Gasteiger partial charge in [-0.15, -0.1) is 0 Å². The normalized spacial score (nSPS) is 17.3. The molecule has 0 bridgehead atoms. The summed E-state index contributed by atoms with van der Waals surface area (Å²) in [6.45, 7) is 4.48. The number of morpholine rings is 1. The molecular formula is C9H11Cl3N4O. The van der Waals surface area contributed by atoms with Crippen molar-refractivity contribution >= 4 is 40.8 Å². The van der Waals surface area contributed by atoms with Crippen LogP contribution in [0.2, 0.25) is 0 Å². The molecule has 94 valence electrons. The summed E-state index contributed by atoms with van der Waals surface area (Å²) in [5, 5.41) is 0. The number of hydrogen-bond donors (Lipinski definition) is 0. The molecule has 2 rings (SSSR count). The molecule has 17 heavy (non-hydrogen) atoms. The second-order valence-corrected chi connectivity index (χ2v) is 5.88. The molecule has 8 heteroatoms. The SMILES string of the molecule is Cc1nc(N2CCOCC2)nc(C(Cl)(Cl)Cl)n1. The maximum Gasteiger partial charge on any atom is 0.250 e. The molecule has 1 aromatic rings. The van der Waals surface area contributed by atoms with Crippen molar-refractivity contribution < 1.29 is 4.74 Å². The molecule has 0 N–H and O–H groups in total. The molecule has 1 aliphatic heterocycles. The van der Waals surface area contributed by atoms with E-state index in [1.165, 1.54) is 0 Å². The van der Waals surface area contributed by atoms with Gasteiger partial charge in [0, 0.05) is 13.1 Å². The van der Waals surface area contributed by atoms with Gasteiger partial charge in [0.05, 0.1) is 13.2 Å². The Balaban J connectivity index is 2.31. The fourth-order valence-corrected chi connectivity index (χ4v) is 1.75. The molecule has 0 aromatic carbocycles. The van der Waals surface area contributed by atoms with Crippen molar-refractivity contribution in [2.75, 3.05) is 31.2 Å². The van der Waals surface area contributed by atoms with E-state index < -0.39 is 3.79 Å². The summed E-state index contributed by atoms with van der Waals surface area (Å²) in [7, 11) is 0. The smallest absolute Gasteiger partial charge is 0.250 e. The van der Waals surface area contributed by atoms with Crippen LogP contribution in [-0.4, -0.2) is 41.3 Å². The summed E-state index contributed by atoms with van der Waals surface area (Å²) in [6.07, 6.45) is 0. The van der Waals surface area contributed by atoms with Gasteiger partial charge >= 0.3 is 0 Å². The van der Waals surface area contributed by atoms with Crippen LogP contribution in [0.4, 0.5) is 5.95 Å². The molecule has 0 spiro atoms. The van der Waals surface area contributed by atoms with E-state index >= 15 is 0 Å².